The number of hydrogen-bond donors (Lipinski definition) is 2. The number of nitrogen functional groups attached to an aromatic ring is 1. The molecule has 0 aliphatic carbocycles. The van der Waals surface area contributed by atoms with Gasteiger partial charge in [-0.1, -0.05) is 6.08 Å². The minimum Gasteiger partial charge on any atom is -0.464 e. The highest BCUT2D eigenvalue weighted by atomic mass is 16.5. The maximum atomic E-state index is 11.1. The first-order chi connectivity index (χ1) is 6.19. The largest absolute Gasteiger partial charge is 0.464 e. The van der Waals surface area contributed by atoms with Gasteiger partial charge in [-0.15, -0.1) is 6.58 Å². The zero-order valence-corrected chi connectivity index (χ0v) is 7.46. The van der Waals surface area contributed by atoms with E-state index in [0.717, 1.165) is 5.69 Å². The van der Waals surface area contributed by atoms with Gasteiger partial charge in [0.2, 0.25) is 0 Å². The second-order valence-electron chi connectivity index (χ2n) is 2.61. The third kappa shape index (κ3) is 1.90. The molecule has 0 aliphatic rings. The maximum absolute atomic E-state index is 11.1. The van der Waals surface area contributed by atoms with Crippen molar-refractivity contribution in [2.75, 3.05) is 12.8 Å². The van der Waals surface area contributed by atoms with Crippen LogP contribution in [0.3, 0.4) is 0 Å². The van der Waals surface area contributed by atoms with Crippen molar-refractivity contribution in [3.05, 3.63) is 30.1 Å². The summed E-state index contributed by atoms with van der Waals surface area (Å²) in [4.78, 5) is 14.0. The number of esters is 1. The van der Waals surface area contributed by atoms with Gasteiger partial charge >= 0.3 is 5.97 Å². The summed E-state index contributed by atoms with van der Waals surface area (Å²) in [5, 5.41) is 0. The topological polar surface area (TPSA) is 68.1 Å². The predicted molar refractivity (Wildman–Crippen MR) is 50.4 cm³/mol. The van der Waals surface area contributed by atoms with Crippen LogP contribution in [0.1, 0.15) is 16.2 Å². The molecule has 0 saturated heterocycles. The number of aromatic nitrogens is 1. The van der Waals surface area contributed by atoms with Crippen molar-refractivity contribution in [1.82, 2.24) is 4.98 Å². The number of carbonyl (C=O) groups excluding carboxylic acids is 1. The Morgan fingerprint density at radius 3 is 3.08 bits per heavy atom. The van der Waals surface area contributed by atoms with Gasteiger partial charge in [-0.2, -0.15) is 0 Å². The highest BCUT2D eigenvalue weighted by molar-refractivity contribution is 5.93. The van der Waals surface area contributed by atoms with Gasteiger partial charge in [-0.25, -0.2) is 4.79 Å². The summed E-state index contributed by atoms with van der Waals surface area (Å²) in [7, 11) is 1.32. The number of aromatic amines is 1. The zero-order valence-electron chi connectivity index (χ0n) is 7.46. The second-order valence-corrected chi connectivity index (χ2v) is 2.61. The molecule has 1 rings (SSSR count). The summed E-state index contributed by atoms with van der Waals surface area (Å²) >= 11 is 0. The van der Waals surface area contributed by atoms with Crippen LogP contribution in [0.15, 0.2) is 18.7 Å². The lowest BCUT2D eigenvalue weighted by molar-refractivity contribution is 0.0596. The number of methoxy groups -OCH3 is 1. The van der Waals surface area contributed by atoms with E-state index in [-0.39, 0.29) is 0 Å². The van der Waals surface area contributed by atoms with Gasteiger partial charge in [0.05, 0.1) is 12.8 Å². The molecule has 0 atom stereocenters. The van der Waals surface area contributed by atoms with Gasteiger partial charge < -0.3 is 15.5 Å². The number of hydrogen-bond acceptors (Lipinski definition) is 3. The van der Waals surface area contributed by atoms with E-state index in [2.05, 4.69) is 16.3 Å². The molecular formula is C9H12N2O2. The van der Waals surface area contributed by atoms with Gasteiger partial charge in [0.25, 0.3) is 0 Å². The van der Waals surface area contributed by atoms with Gasteiger partial charge in [0, 0.05) is 12.1 Å². The van der Waals surface area contributed by atoms with E-state index in [9.17, 15) is 4.79 Å². The van der Waals surface area contributed by atoms with E-state index in [1.165, 1.54) is 7.11 Å². The molecule has 0 saturated carbocycles. The smallest absolute Gasteiger partial charge is 0.356 e. The molecule has 0 spiro atoms. The van der Waals surface area contributed by atoms with Crippen LogP contribution < -0.4 is 5.73 Å². The second kappa shape index (κ2) is 3.80. The molecule has 4 heteroatoms. The Labute approximate surface area is 76.4 Å². The average molecular weight is 180 g/mol. The molecule has 1 aromatic heterocycles. The van der Waals surface area contributed by atoms with Crippen LogP contribution in [0.2, 0.25) is 0 Å². The number of nitrogens with two attached hydrogens (primary N) is 1. The Bertz CT molecular complexity index is 328. The number of nitrogens with one attached hydrogen (secondary N) is 1. The first kappa shape index (κ1) is 9.38. The van der Waals surface area contributed by atoms with E-state index in [1.807, 2.05) is 0 Å². The average Bonchev–Trinajstić information content (AvgIpc) is 2.46. The molecule has 3 N–H and O–H groups in total. The lowest BCUT2D eigenvalue weighted by atomic mass is 10.3. The molecular weight excluding hydrogens is 168 g/mol. The van der Waals surface area contributed by atoms with Crippen LogP contribution >= 0.6 is 0 Å². The molecule has 1 heterocycles. The molecule has 0 bridgehead atoms. The number of carbonyl (C=O) groups is 1. The number of H-pyrrole nitrogens is 1. The Kier molecular flexibility index (Phi) is 2.74. The third-order valence-electron chi connectivity index (χ3n) is 1.66. The molecule has 0 amide bonds. The molecule has 0 radical (unpaired) electrons. The quantitative estimate of drug-likeness (QED) is 0.541. The highest BCUT2D eigenvalue weighted by Crippen LogP contribution is 2.14. The molecule has 0 unspecified atom stereocenters. The summed E-state index contributed by atoms with van der Waals surface area (Å²) in [5.74, 6) is -0.451. The minimum atomic E-state index is -0.451. The summed E-state index contributed by atoms with van der Waals surface area (Å²) in [5.41, 5.74) is 7.15. The van der Waals surface area contributed by atoms with Crippen molar-refractivity contribution < 1.29 is 9.53 Å². The van der Waals surface area contributed by atoms with Crippen LogP contribution in [-0.2, 0) is 11.2 Å². The molecule has 0 aliphatic heterocycles. The van der Waals surface area contributed by atoms with Gasteiger partial charge in [0.15, 0.2) is 0 Å². The monoisotopic (exact) mass is 180 g/mol. The van der Waals surface area contributed by atoms with Crippen molar-refractivity contribution in [1.29, 1.82) is 0 Å². The van der Waals surface area contributed by atoms with Crippen molar-refractivity contribution in [3.8, 4) is 0 Å². The summed E-state index contributed by atoms with van der Waals surface area (Å²) in [6.45, 7) is 3.58. The van der Waals surface area contributed by atoms with E-state index >= 15 is 0 Å². The SMILES string of the molecule is C=CCc1cc(N)c(C(=O)OC)[nH]1. The fourth-order valence-electron chi connectivity index (χ4n) is 1.07. The summed E-state index contributed by atoms with van der Waals surface area (Å²) in [6, 6.07) is 1.70. The van der Waals surface area contributed by atoms with Crippen LogP contribution in [0.5, 0.6) is 0 Å². The first-order valence-corrected chi connectivity index (χ1v) is 3.85. The van der Waals surface area contributed by atoms with E-state index in [4.69, 9.17) is 5.73 Å². The molecule has 4 nitrogen and oxygen atoms in total. The Balaban J connectivity index is 2.95. The zero-order chi connectivity index (χ0) is 9.84. The first-order valence-electron chi connectivity index (χ1n) is 3.85. The van der Waals surface area contributed by atoms with Crippen molar-refractivity contribution in [2.45, 2.75) is 6.42 Å². The van der Waals surface area contributed by atoms with Crippen LogP contribution in [0, 0.1) is 0 Å². The number of rotatable bonds is 3. The Morgan fingerprint density at radius 1 is 1.85 bits per heavy atom. The van der Waals surface area contributed by atoms with Crippen molar-refractivity contribution in [2.24, 2.45) is 0 Å². The molecule has 0 fully saturated rings. The third-order valence-corrected chi connectivity index (χ3v) is 1.66. The lowest BCUT2D eigenvalue weighted by Gasteiger charge is -1.95. The molecule has 0 aromatic carbocycles. The molecule has 1 aromatic rings. The van der Waals surface area contributed by atoms with Crippen LogP contribution in [0.4, 0.5) is 5.69 Å². The number of anilines is 1. The minimum absolute atomic E-state index is 0.305. The summed E-state index contributed by atoms with van der Waals surface area (Å²) in [6.07, 6.45) is 2.38. The van der Waals surface area contributed by atoms with Gasteiger partial charge in [0.1, 0.15) is 5.69 Å². The van der Waals surface area contributed by atoms with Crippen LogP contribution in [0.25, 0.3) is 0 Å². The van der Waals surface area contributed by atoms with Gasteiger partial charge in [-0.3, -0.25) is 0 Å². The summed E-state index contributed by atoms with van der Waals surface area (Å²) < 4.78 is 4.53. The van der Waals surface area contributed by atoms with E-state index in [0.29, 0.717) is 17.8 Å². The van der Waals surface area contributed by atoms with Gasteiger partial charge in [-0.05, 0) is 6.07 Å². The fourth-order valence-corrected chi connectivity index (χ4v) is 1.07. The van der Waals surface area contributed by atoms with E-state index in [1.54, 1.807) is 12.1 Å². The highest BCUT2D eigenvalue weighted by Gasteiger charge is 2.12. The van der Waals surface area contributed by atoms with E-state index < -0.39 is 5.97 Å². The van der Waals surface area contributed by atoms with Crippen molar-refractivity contribution >= 4 is 11.7 Å². The Morgan fingerprint density at radius 2 is 2.54 bits per heavy atom. The molecule has 13 heavy (non-hydrogen) atoms. The Hall–Kier alpha value is -1.71. The number of allylic oxidation sites excluding steroid dienone is 1. The normalized spacial score (nSPS) is 9.62. The van der Waals surface area contributed by atoms with Crippen LogP contribution in [-0.4, -0.2) is 18.1 Å². The maximum Gasteiger partial charge on any atom is 0.356 e. The number of ether oxygens (including phenoxy) is 1. The van der Waals surface area contributed by atoms with Crippen molar-refractivity contribution in [3.63, 3.8) is 0 Å². The fraction of sp³-hybridized carbons (Fsp3) is 0.222. The predicted octanol–water partition coefficient (Wildman–Crippen LogP) is 1.11. The molecule has 70 valence electrons. The lowest BCUT2D eigenvalue weighted by Crippen LogP contribution is -2.04. The standard InChI is InChI=1S/C9H12N2O2/c1-3-4-6-5-7(10)8(11-6)9(12)13-2/h3,5,11H,1,4,10H2,2H3.